The first-order valence-electron chi connectivity index (χ1n) is 6.49. The molecule has 0 spiro atoms. The highest BCUT2D eigenvalue weighted by Gasteiger charge is 2.27. The molecule has 0 bridgehead atoms. The van der Waals surface area contributed by atoms with Crippen LogP contribution in [0.15, 0.2) is 18.2 Å². The summed E-state index contributed by atoms with van der Waals surface area (Å²) in [5, 5.41) is 21.8. The summed E-state index contributed by atoms with van der Waals surface area (Å²) in [6.07, 6.45) is 2.40. The molecule has 1 amide bonds. The lowest BCUT2D eigenvalue weighted by atomic mass is 9.86. The Morgan fingerprint density at radius 1 is 1.20 bits per heavy atom. The molecule has 108 valence electrons. The molecule has 0 aromatic heterocycles. The van der Waals surface area contributed by atoms with Gasteiger partial charge in [-0.2, -0.15) is 0 Å². The summed E-state index contributed by atoms with van der Waals surface area (Å²) < 4.78 is 0. The van der Waals surface area contributed by atoms with E-state index >= 15 is 0 Å². The number of rotatable bonds is 3. The molecule has 1 aromatic carbocycles. The van der Waals surface area contributed by atoms with Gasteiger partial charge >= 0.3 is 5.97 Å². The van der Waals surface area contributed by atoms with E-state index in [0.29, 0.717) is 30.7 Å². The quantitative estimate of drug-likeness (QED) is 0.799. The van der Waals surface area contributed by atoms with Gasteiger partial charge in [0.2, 0.25) is 0 Å². The number of hydrogen-bond donors (Lipinski definition) is 3. The van der Waals surface area contributed by atoms with Crippen LogP contribution in [0.5, 0.6) is 5.75 Å². The van der Waals surface area contributed by atoms with Crippen molar-refractivity contribution in [3.63, 3.8) is 0 Å². The molecule has 5 nitrogen and oxygen atoms in total. The Bertz CT molecular complexity index is 524. The van der Waals surface area contributed by atoms with Crippen molar-refractivity contribution in [2.75, 3.05) is 0 Å². The second kappa shape index (κ2) is 6.13. The Balaban J connectivity index is 1.94. The van der Waals surface area contributed by atoms with Crippen LogP contribution in [0.3, 0.4) is 0 Å². The molecule has 2 rings (SSSR count). The minimum atomic E-state index is -0.773. The number of phenols is 1. The van der Waals surface area contributed by atoms with Gasteiger partial charge in [-0.15, -0.1) is 0 Å². The van der Waals surface area contributed by atoms with Crippen LogP contribution < -0.4 is 5.32 Å². The highest BCUT2D eigenvalue weighted by atomic mass is 35.5. The molecular weight excluding hydrogens is 282 g/mol. The van der Waals surface area contributed by atoms with Crippen molar-refractivity contribution in [1.29, 1.82) is 0 Å². The van der Waals surface area contributed by atoms with Gasteiger partial charge < -0.3 is 15.5 Å². The monoisotopic (exact) mass is 297 g/mol. The van der Waals surface area contributed by atoms with Crippen LogP contribution in [-0.4, -0.2) is 28.1 Å². The summed E-state index contributed by atoms with van der Waals surface area (Å²) >= 11 is 5.71. The highest BCUT2D eigenvalue weighted by molar-refractivity contribution is 6.30. The number of aromatic hydroxyl groups is 1. The Morgan fingerprint density at radius 2 is 1.85 bits per heavy atom. The molecule has 1 aliphatic carbocycles. The number of halogens is 1. The molecule has 0 aliphatic heterocycles. The second-order valence-electron chi connectivity index (χ2n) is 5.02. The molecule has 0 atom stereocenters. The number of nitrogens with one attached hydrogen (secondary N) is 1. The fraction of sp³-hybridized carbons (Fsp3) is 0.429. The summed E-state index contributed by atoms with van der Waals surface area (Å²) in [5.74, 6) is -1.61. The maximum Gasteiger partial charge on any atom is 0.306 e. The molecule has 0 radical (unpaired) electrons. The summed E-state index contributed by atoms with van der Waals surface area (Å²) in [4.78, 5) is 22.9. The minimum absolute atomic E-state index is 0.0480. The van der Waals surface area contributed by atoms with Gasteiger partial charge in [-0.1, -0.05) is 11.6 Å². The first kappa shape index (κ1) is 14.7. The predicted octanol–water partition coefficient (Wildman–Crippen LogP) is 2.42. The maximum atomic E-state index is 12.0. The van der Waals surface area contributed by atoms with Crippen molar-refractivity contribution in [2.45, 2.75) is 31.7 Å². The van der Waals surface area contributed by atoms with Crippen LogP contribution in [0.1, 0.15) is 36.0 Å². The number of hydrogen-bond acceptors (Lipinski definition) is 3. The van der Waals surface area contributed by atoms with E-state index in [1.54, 1.807) is 0 Å². The average Bonchev–Trinajstić information content (AvgIpc) is 2.39. The topological polar surface area (TPSA) is 86.6 Å². The molecule has 1 saturated carbocycles. The zero-order valence-corrected chi connectivity index (χ0v) is 11.6. The molecule has 20 heavy (non-hydrogen) atoms. The van der Waals surface area contributed by atoms with Crippen LogP contribution in [0.2, 0.25) is 5.02 Å². The Morgan fingerprint density at radius 3 is 2.40 bits per heavy atom. The minimum Gasteiger partial charge on any atom is -0.507 e. The number of carboxylic acids is 1. The van der Waals surface area contributed by atoms with Crippen molar-refractivity contribution in [3.8, 4) is 5.75 Å². The van der Waals surface area contributed by atoms with Gasteiger partial charge in [-0.3, -0.25) is 9.59 Å². The number of carbonyl (C=O) groups excluding carboxylic acids is 1. The molecular formula is C14H16ClNO4. The molecule has 0 saturated heterocycles. The van der Waals surface area contributed by atoms with Crippen molar-refractivity contribution in [3.05, 3.63) is 28.8 Å². The van der Waals surface area contributed by atoms with Crippen molar-refractivity contribution in [1.82, 2.24) is 5.32 Å². The lowest BCUT2D eigenvalue weighted by molar-refractivity contribution is -0.142. The van der Waals surface area contributed by atoms with Crippen LogP contribution in [0, 0.1) is 5.92 Å². The van der Waals surface area contributed by atoms with Crippen molar-refractivity contribution in [2.24, 2.45) is 5.92 Å². The van der Waals surface area contributed by atoms with Gasteiger partial charge in [-0.05, 0) is 43.9 Å². The number of carbonyl (C=O) groups is 2. The standard InChI is InChI=1S/C14H16ClNO4/c15-9-3-6-11(12(17)7-9)13(18)16-10-4-1-8(2-5-10)14(19)20/h3,6-8,10,17H,1-2,4-5H2,(H,16,18)(H,19,20). The lowest BCUT2D eigenvalue weighted by Gasteiger charge is -2.26. The highest BCUT2D eigenvalue weighted by Crippen LogP contribution is 2.26. The molecule has 1 aromatic rings. The molecule has 0 unspecified atom stereocenters. The number of carboxylic acid groups (broad SMARTS) is 1. The molecule has 1 fully saturated rings. The van der Waals surface area contributed by atoms with Crippen LogP contribution in [0.4, 0.5) is 0 Å². The smallest absolute Gasteiger partial charge is 0.306 e. The Kier molecular flexibility index (Phi) is 4.49. The van der Waals surface area contributed by atoms with E-state index in [0.717, 1.165) is 0 Å². The van der Waals surface area contributed by atoms with E-state index in [-0.39, 0.29) is 29.2 Å². The van der Waals surface area contributed by atoms with Gasteiger partial charge in [0.1, 0.15) is 5.75 Å². The summed E-state index contributed by atoms with van der Waals surface area (Å²) in [6.45, 7) is 0. The molecule has 6 heteroatoms. The fourth-order valence-electron chi connectivity index (χ4n) is 2.44. The Labute approximate surface area is 121 Å². The zero-order chi connectivity index (χ0) is 14.7. The molecule has 1 aliphatic rings. The van der Waals surface area contributed by atoms with E-state index in [4.69, 9.17) is 16.7 Å². The number of amides is 1. The van der Waals surface area contributed by atoms with E-state index in [1.807, 2.05) is 0 Å². The van der Waals surface area contributed by atoms with Crippen LogP contribution in [0.25, 0.3) is 0 Å². The van der Waals surface area contributed by atoms with Gasteiger partial charge in [0.25, 0.3) is 5.91 Å². The van der Waals surface area contributed by atoms with Crippen LogP contribution >= 0.6 is 11.6 Å². The third-order valence-corrected chi connectivity index (χ3v) is 3.85. The Hall–Kier alpha value is -1.75. The number of benzene rings is 1. The lowest BCUT2D eigenvalue weighted by Crippen LogP contribution is -2.38. The fourth-order valence-corrected chi connectivity index (χ4v) is 2.61. The third kappa shape index (κ3) is 3.42. The van der Waals surface area contributed by atoms with Gasteiger partial charge in [-0.25, -0.2) is 0 Å². The van der Waals surface area contributed by atoms with Gasteiger partial charge in [0.15, 0.2) is 0 Å². The zero-order valence-electron chi connectivity index (χ0n) is 10.8. The summed E-state index contributed by atoms with van der Waals surface area (Å²) in [5.41, 5.74) is 0.176. The second-order valence-corrected chi connectivity index (χ2v) is 5.46. The third-order valence-electron chi connectivity index (χ3n) is 3.62. The molecule has 3 N–H and O–H groups in total. The van der Waals surface area contributed by atoms with E-state index in [9.17, 15) is 14.7 Å². The van der Waals surface area contributed by atoms with E-state index in [2.05, 4.69) is 5.32 Å². The predicted molar refractivity (Wildman–Crippen MR) is 74.0 cm³/mol. The first-order chi connectivity index (χ1) is 9.47. The summed E-state index contributed by atoms with van der Waals surface area (Å²) in [7, 11) is 0. The van der Waals surface area contributed by atoms with Crippen LogP contribution in [-0.2, 0) is 4.79 Å². The summed E-state index contributed by atoms with van der Waals surface area (Å²) in [6, 6.07) is 4.28. The largest absolute Gasteiger partial charge is 0.507 e. The van der Waals surface area contributed by atoms with E-state index < -0.39 is 5.97 Å². The van der Waals surface area contributed by atoms with Crippen molar-refractivity contribution < 1.29 is 19.8 Å². The average molecular weight is 298 g/mol. The maximum absolute atomic E-state index is 12.0. The van der Waals surface area contributed by atoms with Crippen molar-refractivity contribution >= 4 is 23.5 Å². The van der Waals surface area contributed by atoms with Gasteiger partial charge in [0, 0.05) is 11.1 Å². The van der Waals surface area contributed by atoms with Gasteiger partial charge in [0.05, 0.1) is 11.5 Å². The number of aliphatic carboxylic acids is 1. The van der Waals surface area contributed by atoms with E-state index in [1.165, 1.54) is 18.2 Å². The normalized spacial score (nSPS) is 22.2. The number of phenolic OH excluding ortho intramolecular Hbond substituents is 1. The molecule has 0 heterocycles. The SMILES string of the molecule is O=C(NC1CCC(C(=O)O)CC1)c1ccc(Cl)cc1O. The first-order valence-corrected chi connectivity index (χ1v) is 6.87.